The molecule has 0 unspecified atom stereocenters. The molecule has 0 saturated carbocycles. The molecule has 0 aliphatic heterocycles. The van der Waals surface area contributed by atoms with Crippen LogP contribution in [0.3, 0.4) is 0 Å². The predicted molar refractivity (Wildman–Crippen MR) is 189 cm³/mol. The number of carbonyl (C=O) groups is 2. The fourth-order valence-corrected chi connectivity index (χ4v) is 5.65. The number of ether oxygens (including phenoxy) is 4. The third kappa shape index (κ3) is 7.64. The Morgan fingerprint density at radius 3 is 1.75 bits per heavy atom. The maximum Gasteiger partial charge on any atom is 0.337 e. The molecule has 0 aliphatic rings. The lowest BCUT2D eigenvalue weighted by molar-refractivity contribution is -0.384. The van der Waals surface area contributed by atoms with E-state index in [0.29, 0.717) is 51.1 Å². The van der Waals surface area contributed by atoms with E-state index >= 15 is 0 Å². The van der Waals surface area contributed by atoms with Crippen LogP contribution in [0.1, 0.15) is 47.1 Å². The van der Waals surface area contributed by atoms with E-state index in [0.717, 1.165) is 26.6 Å². The molecule has 4 aromatic carbocycles. The first kappa shape index (κ1) is 31.6. The summed E-state index contributed by atoms with van der Waals surface area (Å²) in [6.07, 6.45) is 4.05. The van der Waals surface area contributed by atoms with Crippen LogP contribution >= 0.6 is 0 Å². The molecule has 2 aromatic heterocycles. The van der Waals surface area contributed by atoms with Gasteiger partial charge in [0.1, 0.15) is 11.5 Å². The molecule has 6 rings (SSSR count). The molecule has 0 radical (unpaired) electrons. The van der Waals surface area contributed by atoms with Gasteiger partial charge in [-0.25, -0.2) is 9.59 Å². The number of aryl methyl sites for hydroxylation is 1. The molecule has 0 fully saturated rings. The number of esters is 2. The van der Waals surface area contributed by atoms with Gasteiger partial charge in [-0.3, -0.25) is 20.2 Å². The van der Waals surface area contributed by atoms with Crippen molar-refractivity contribution in [2.45, 2.75) is 12.8 Å². The van der Waals surface area contributed by atoms with Gasteiger partial charge in [0.2, 0.25) is 0 Å². The highest BCUT2D eigenvalue weighted by molar-refractivity contribution is 5.91. The number of H-pyrrole nitrogens is 1. The number of non-ortho nitro benzene ring substituents is 2. The van der Waals surface area contributed by atoms with Crippen molar-refractivity contribution in [3.05, 3.63) is 139 Å². The average Bonchev–Trinajstić information content (AvgIpc) is 3.75. The van der Waals surface area contributed by atoms with Crippen LogP contribution in [0.4, 0.5) is 11.4 Å². The first-order valence-electron chi connectivity index (χ1n) is 16.7. The molecule has 2 heterocycles. The Hall–Kier alpha value is -6.70. The van der Waals surface area contributed by atoms with Crippen molar-refractivity contribution < 1.29 is 42.5 Å². The number of carbonyl (C=O) groups excluding carboxylic acids is 2. The van der Waals surface area contributed by atoms with Gasteiger partial charge in [0, 0.05) is 82.4 Å². The highest BCUT2D eigenvalue weighted by Crippen LogP contribution is 2.31. The van der Waals surface area contributed by atoms with Crippen LogP contribution in [0.25, 0.3) is 21.8 Å². The third-order valence-electron chi connectivity index (χ3n) is 8.22. The highest BCUT2D eigenvalue weighted by Gasteiger charge is 2.17. The van der Waals surface area contributed by atoms with Gasteiger partial charge in [0.05, 0.1) is 49.4 Å². The molecule has 0 aliphatic carbocycles. The molecule has 1 N–H and O–H groups in total. The summed E-state index contributed by atoms with van der Waals surface area (Å²) in [5, 5.41) is 23.4. The SMILES string of the molecule is COC(=O)c1ccc(Cc2c[nH]c3ccc([N+](=O)[O-])cc23)c(OC)c1.[2H]C([2H])([2H])n1cc(Cc2ccc(C(=O)OC)cc2OC)c2cc([N+](=O)[O-])ccc21. The Balaban J connectivity index is 0.000000210. The van der Waals surface area contributed by atoms with Gasteiger partial charge in [-0.15, -0.1) is 0 Å². The zero-order chi connectivity index (χ0) is 39.3. The number of aromatic amines is 1. The van der Waals surface area contributed by atoms with Gasteiger partial charge in [0.15, 0.2) is 0 Å². The van der Waals surface area contributed by atoms with E-state index in [1.807, 2.05) is 6.20 Å². The number of fused-ring (bicyclic) bond motifs is 2. The lowest BCUT2D eigenvalue weighted by Gasteiger charge is -2.10. The lowest BCUT2D eigenvalue weighted by Crippen LogP contribution is -2.03. The molecule has 51 heavy (non-hydrogen) atoms. The van der Waals surface area contributed by atoms with Crippen molar-refractivity contribution in [1.82, 2.24) is 9.55 Å². The van der Waals surface area contributed by atoms with Gasteiger partial charge in [-0.05, 0) is 58.7 Å². The second-order valence-electron chi connectivity index (χ2n) is 11.2. The number of nitro groups is 2. The lowest BCUT2D eigenvalue weighted by atomic mass is 10.0. The topological polar surface area (TPSA) is 178 Å². The van der Waals surface area contributed by atoms with Crippen molar-refractivity contribution in [3.8, 4) is 11.5 Å². The zero-order valence-electron chi connectivity index (χ0n) is 30.9. The Morgan fingerprint density at radius 1 is 0.706 bits per heavy atom. The molecular formula is C37H34N4O10. The molecule has 0 atom stereocenters. The smallest absolute Gasteiger partial charge is 0.337 e. The Morgan fingerprint density at radius 2 is 1.24 bits per heavy atom. The van der Waals surface area contributed by atoms with Gasteiger partial charge < -0.3 is 28.5 Å². The monoisotopic (exact) mass is 697 g/mol. The molecule has 14 heteroatoms. The third-order valence-corrected chi connectivity index (χ3v) is 8.22. The summed E-state index contributed by atoms with van der Waals surface area (Å²) in [6.45, 7) is -2.44. The minimum Gasteiger partial charge on any atom is -0.496 e. The molecule has 0 bridgehead atoms. The number of methoxy groups -OCH3 is 4. The summed E-state index contributed by atoms with van der Waals surface area (Å²) >= 11 is 0. The molecule has 6 aromatic rings. The first-order valence-corrected chi connectivity index (χ1v) is 15.2. The maximum atomic E-state index is 11.7. The molecular weight excluding hydrogens is 660 g/mol. The quantitative estimate of drug-likeness (QED) is 0.0896. The van der Waals surface area contributed by atoms with E-state index in [9.17, 15) is 29.8 Å². The van der Waals surface area contributed by atoms with Gasteiger partial charge >= 0.3 is 11.9 Å². The van der Waals surface area contributed by atoms with Crippen molar-refractivity contribution >= 4 is 45.1 Å². The highest BCUT2D eigenvalue weighted by atomic mass is 16.6. The van der Waals surface area contributed by atoms with Gasteiger partial charge in [-0.2, -0.15) is 0 Å². The minimum absolute atomic E-state index is 0.0429. The summed E-state index contributed by atoms with van der Waals surface area (Å²) in [5.74, 6) is 0.0350. The fraction of sp³-hybridized carbons (Fsp3) is 0.189. The number of rotatable bonds is 10. The number of nitrogens with zero attached hydrogens (tertiary/aromatic N) is 3. The van der Waals surface area contributed by atoms with Crippen molar-refractivity contribution in [2.24, 2.45) is 6.98 Å². The summed E-state index contributed by atoms with van der Waals surface area (Å²) in [4.78, 5) is 47.7. The van der Waals surface area contributed by atoms with Crippen LogP contribution in [0.5, 0.6) is 11.5 Å². The summed E-state index contributed by atoms with van der Waals surface area (Å²) < 4.78 is 44.5. The number of hydrogen-bond acceptors (Lipinski definition) is 10. The molecule has 0 saturated heterocycles. The zero-order valence-corrected chi connectivity index (χ0v) is 27.9. The van der Waals surface area contributed by atoms with E-state index in [1.54, 1.807) is 42.5 Å². The van der Waals surface area contributed by atoms with Crippen molar-refractivity contribution in [3.63, 3.8) is 0 Å². The first-order chi connectivity index (χ1) is 25.7. The molecule has 0 spiro atoms. The Labute approximate surface area is 295 Å². The molecule has 0 amide bonds. The van der Waals surface area contributed by atoms with E-state index in [1.165, 1.54) is 65.0 Å². The van der Waals surface area contributed by atoms with E-state index < -0.39 is 28.8 Å². The summed E-state index contributed by atoms with van der Waals surface area (Å²) in [5.41, 5.74) is 4.87. The van der Waals surface area contributed by atoms with Crippen molar-refractivity contribution in [1.29, 1.82) is 0 Å². The molecule has 14 nitrogen and oxygen atoms in total. The van der Waals surface area contributed by atoms with Gasteiger partial charge in [0.25, 0.3) is 11.4 Å². The average molecular weight is 698 g/mol. The van der Waals surface area contributed by atoms with Gasteiger partial charge in [-0.1, -0.05) is 12.1 Å². The number of benzene rings is 4. The Bertz CT molecular complexity index is 2400. The number of aromatic nitrogens is 2. The summed E-state index contributed by atoms with van der Waals surface area (Å²) in [7, 11) is 5.58. The molecule has 262 valence electrons. The van der Waals surface area contributed by atoms with Crippen LogP contribution in [-0.2, 0) is 29.3 Å². The second kappa shape index (κ2) is 15.2. The predicted octanol–water partition coefficient (Wildman–Crippen LogP) is 6.93. The standard InChI is InChI=1S/C19H18N2O5.C18H16N2O5/c1-20-11-14(16-10-15(21(23)24)6-7-17(16)20)8-12-4-5-13(19(22)26-3)9-18(12)25-2;1-24-17-8-12(18(21)25-2)4-3-11(17)7-13-10-19-16-6-5-14(20(22)23)9-15(13)16/h4-7,9-11H,8H2,1-3H3;3-6,8-10,19H,7H2,1-2H3/i1D3;. The normalized spacial score (nSPS) is 11.8. The largest absolute Gasteiger partial charge is 0.496 e. The van der Waals surface area contributed by atoms with E-state index in [-0.39, 0.29) is 17.8 Å². The van der Waals surface area contributed by atoms with Crippen LogP contribution in [0.2, 0.25) is 0 Å². The van der Waals surface area contributed by atoms with Crippen LogP contribution in [0, 0.1) is 20.2 Å². The van der Waals surface area contributed by atoms with Crippen molar-refractivity contribution in [2.75, 3.05) is 28.4 Å². The number of hydrogen-bond donors (Lipinski definition) is 1. The second-order valence-corrected chi connectivity index (χ2v) is 11.2. The van der Waals surface area contributed by atoms with Crippen LogP contribution in [-0.4, -0.2) is 59.8 Å². The summed E-state index contributed by atoms with van der Waals surface area (Å²) in [6, 6.07) is 18.7. The number of nitro benzene ring substituents is 2. The van der Waals surface area contributed by atoms with E-state index in [4.69, 9.17) is 23.1 Å². The number of nitrogens with one attached hydrogen (secondary N) is 1. The van der Waals surface area contributed by atoms with Crippen LogP contribution < -0.4 is 9.47 Å². The van der Waals surface area contributed by atoms with Crippen LogP contribution in [0.15, 0.2) is 85.2 Å². The Kier molecular flexibility index (Phi) is 9.43. The fourth-order valence-electron chi connectivity index (χ4n) is 5.65. The van der Waals surface area contributed by atoms with E-state index in [2.05, 4.69) is 4.98 Å². The minimum atomic E-state index is -2.44. The maximum absolute atomic E-state index is 11.7.